The van der Waals surface area contributed by atoms with Gasteiger partial charge in [-0.3, -0.25) is 0 Å². The van der Waals surface area contributed by atoms with E-state index in [9.17, 15) is 0 Å². The molecular formula is C12H10OTi. The summed E-state index contributed by atoms with van der Waals surface area (Å²) in [7, 11) is 0. The number of rotatable bonds is 0. The maximum atomic E-state index is 5.72. The number of allylic oxidation sites excluding steroid dienone is 1. The molecule has 0 spiro atoms. The summed E-state index contributed by atoms with van der Waals surface area (Å²) in [5, 5.41) is 2.49. The zero-order valence-corrected chi connectivity index (χ0v) is 9.51. The molecule has 2 aliphatic rings. The first-order valence-corrected chi connectivity index (χ1v) is 4.54. The van der Waals surface area contributed by atoms with Gasteiger partial charge in [0.1, 0.15) is 11.9 Å². The molecule has 0 saturated carbocycles. The summed E-state index contributed by atoms with van der Waals surface area (Å²) in [5.74, 6) is 1.05. The number of hydrogen-bond acceptors (Lipinski definition) is 1. The van der Waals surface area contributed by atoms with E-state index in [0.717, 1.165) is 5.75 Å². The van der Waals surface area contributed by atoms with Crippen LogP contribution in [0.25, 0.3) is 18.2 Å². The first kappa shape index (κ1) is 9.76. The summed E-state index contributed by atoms with van der Waals surface area (Å²) in [4.78, 5) is 0. The summed E-state index contributed by atoms with van der Waals surface area (Å²) in [6.45, 7) is 2.06. The van der Waals surface area contributed by atoms with Crippen LogP contribution in [0.5, 0.6) is 5.75 Å². The average Bonchev–Trinajstić information content (AvgIpc) is 2.65. The molecule has 3 rings (SSSR count). The van der Waals surface area contributed by atoms with E-state index in [0.29, 0.717) is 0 Å². The van der Waals surface area contributed by atoms with Crippen LogP contribution in [0.2, 0.25) is 0 Å². The van der Waals surface area contributed by atoms with Crippen LogP contribution < -0.4 is 15.2 Å². The third-order valence-electron chi connectivity index (χ3n) is 2.52. The van der Waals surface area contributed by atoms with Crippen molar-refractivity contribution in [3.63, 3.8) is 0 Å². The van der Waals surface area contributed by atoms with Crippen LogP contribution in [0.15, 0.2) is 18.2 Å². The second-order valence-corrected chi connectivity index (χ2v) is 3.50. The molecular weight excluding hydrogens is 208 g/mol. The Hall–Kier alpha value is -0.786. The number of hydrogen-bond donors (Lipinski definition) is 0. The zero-order valence-electron chi connectivity index (χ0n) is 7.95. The Bertz CT molecular complexity index is 514. The summed E-state index contributed by atoms with van der Waals surface area (Å²) in [5.41, 5.74) is 1.23. The van der Waals surface area contributed by atoms with Gasteiger partial charge in [-0.25, -0.2) is 0 Å². The molecule has 1 aromatic carbocycles. The first-order chi connectivity index (χ1) is 6.34. The Labute approximate surface area is 97.7 Å². The van der Waals surface area contributed by atoms with Crippen LogP contribution in [-0.4, -0.2) is 6.10 Å². The van der Waals surface area contributed by atoms with E-state index in [1.165, 1.54) is 16.0 Å². The number of ether oxygens (including phenoxy) is 1. The molecule has 14 heavy (non-hydrogen) atoms. The van der Waals surface area contributed by atoms with Gasteiger partial charge in [-0.15, -0.1) is 0 Å². The molecule has 1 atom stereocenters. The number of benzene rings is 1. The Morgan fingerprint density at radius 1 is 1.21 bits per heavy atom. The molecule has 1 nitrogen and oxygen atoms in total. The Kier molecular flexibility index (Phi) is 2.38. The van der Waals surface area contributed by atoms with Gasteiger partial charge in [-0.2, -0.15) is 0 Å². The molecule has 0 fully saturated rings. The quantitative estimate of drug-likeness (QED) is 0.591. The van der Waals surface area contributed by atoms with Gasteiger partial charge in [-0.05, 0) is 18.2 Å². The minimum atomic E-state index is 0. The number of fused-ring (bicyclic) bond motifs is 3. The van der Waals surface area contributed by atoms with Crippen molar-refractivity contribution in [1.29, 1.82) is 0 Å². The van der Waals surface area contributed by atoms with Crippen LogP contribution >= 0.6 is 0 Å². The molecule has 2 heteroatoms. The average molecular weight is 218 g/mol. The summed E-state index contributed by atoms with van der Waals surface area (Å²) in [6, 6.07) is 4.27. The molecule has 0 radical (unpaired) electrons. The third-order valence-corrected chi connectivity index (χ3v) is 2.52. The van der Waals surface area contributed by atoms with E-state index in [-0.39, 0.29) is 27.8 Å². The summed E-state index contributed by atoms with van der Waals surface area (Å²) < 4.78 is 5.72. The fraction of sp³-hybridized carbons (Fsp3) is 0.167. The topological polar surface area (TPSA) is 9.23 Å². The molecule has 1 unspecified atom stereocenters. The second kappa shape index (κ2) is 3.41. The zero-order chi connectivity index (χ0) is 8.84. The second-order valence-electron chi connectivity index (χ2n) is 3.50. The van der Waals surface area contributed by atoms with E-state index in [2.05, 4.69) is 43.4 Å². The van der Waals surface area contributed by atoms with Gasteiger partial charge >= 0.3 is 0 Å². The molecule has 1 aliphatic heterocycles. The molecule has 1 aliphatic carbocycles. The smallest absolute Gasteiger partial charge is 0.135 e. The monoisotopic (exact) mass is 218 g/mol. The fourth-order valence-corrected chi connectivity index (χ4v) is 1.93. The maximum Gasteiger partial charge on any atom is 0.135 e. The van der Waals surface area contributed by atoms with E-state index in [4.69, 9.17) is 4.74 Å². The van der Waals surface area contributed by atoms with Gasteiger partial charge in [0.15, 0.2) is 0 Å². The summed E-state index contributed by atoms with van der Waals surface area (Å²) in [6.07, 6.45) is 8.66. The van der Waals surface area contributed by atoms with Crippen molar-refractivity contribution in [3.8, 4) is 5.75 Å². The molecule has 0 N–H and O–H groups in total. The van der Waals surface area contributed by atoms with Crippen molar-refractivity contribution < 1.29 is 26.5 Å². The predicted octanol–water partition coefficient (Wildman–Crippen LogP) is 1.05. The molecule has 0 aromatic heterocycles. The van der Waals surface area contributed by atoms with Crippen molar-refractivity contribution in [2.45, 2.75) is 13.0 Å². The van der Waals surface area contributed by atoms with Gasteiger partial charge in [0.05, 0.1) is 0 Å². The minimum absolute atomic E-state index is 0. The third kappa shape index (κ3) is 1.28. The molecule has 1 heterocycles. The van der Waals surface area contributed by atoms with Crippen molar-refractivity contribution in [3.05, 3.63) is 34.2 Å². The summed E-state index contributed by atoms with van der Waals surface area (Å²) >= 11 is 0. The van der Waals surface area contributed by atoms with Gasteiger partial charge in [0.2, 0.25) is 0 Å². The van der Waals surface area contributed by atoms with E-state index in [1.54, 1.807) is 0 Å². The SMILES string of the molecule is CC1C=c2ccc3c(c2O1)C=CC=3.[Ti]. The van der Waals surface area contributed by atoms with Crippen LogP contribution in [0.4, 0.5) is 0 Å². The molecule has 1 aromatic rings. The maximum absolute atomic E-state index is 5.72. The first-order valence-electron chi connectivity index (χ1n) is 4.54. The minimum Gasteiger partial charge on any atom is -0.485 e. The Balaban J connectivity index is 0.000000750. The van der Waals surface area contributed by atoms with Crippen LogP contribution in [0.1, 0.15) is 12.5 Å². The van der Waals surface area contributed by atoms with Crippen LogP contribution in [0.3, 0.4) is 0 Å². The fourth-order valence-electron chi connectivity index (χ4n) is 1.93. The molecule has 0 amide bonds. The van der Waals surface area contributed by atoms with Gasteiger partial charge < -0.3 is 4.74 Å². The standard InChI is InChI=1S/C12H10O.Ti/c1-8-7-10-6-5-9-3-2-4-11(9)12(10)13-8;/h2-8H,1H3;. The molecule has 0 saturated heterocycles. The molecule has 68 valence electrons. The van der Waals surface area contributed by atoms with E-state index >= 15 is 0 Å². The molecule has 0 bridgehead atoms. The largest absolute Gasteiger partial charge is 0.485 e. The predicted molar refractivity (Wildman–Crippen MR) is 53.7 cm³/mol. The van der Waals surface area contributed by atoms with Gasteiger partial charge in [-0.1, -0.05) is 30.4 Å². The van der Waals surface area contributed by atoms with Crippen molar-refractivity contribution >= 4 is 18.2 Å². The normalized spacial score (nSPS) is 19.9. The Morgan fingerprint density at radius 3 is 2.86 bits per heavy atom. The van der Waals surface area contributed by atoms with Gasteiger partial charge in [0, 0.05) is 32.5 Å². The van der Waals surface area contributed by atoms with Crippen molar-refractivity contribution in [2.75, 3.05) is 0 Å². The van der Waals surface area contributed by atoms with Crippen LogP contribution in [0, 0.1) is 0 Å². The van der Waals surface area contributed by atoms with Gasteiger partial charge in [0.25, 0.3) is 0 Å². The van der Waals surface area contributed by atoms with Crippen LogP contribution in [-0.2, 0) is 21.7 Å². The van der Waals surface area contributed by atoms with E-state index < -0.39 is 0 Å². The Morgan fingerprint density at radius 2 is 2.00 bits per heavy atom. The van der Waals surface area contributed by atoms with Crippen molar-refractivity contribution in [2.24, 2.45) is 0 Å². The van der Waals surface area contributed by atoms with E-state index in [1.807, 2.05) is 0 Å². The van der Waals surface area contributed by atoms with Crippen molar-refractivity contribution in [1.82, 2.24) is 0 Å².